The van der Waals surface area contributed by atoms with Gasteiger partial charge in [-0.3, -0.25) is 0 Å². The average Bonchev–Trinajstić information content (AvgIpc) is 2.47. The molecule has 0 saturated carbocycles. The van der Waals surface area contributed by atoms with Gasteiger partial charge in [0.2, 0.25) is 0 Å². The Morgan fingerprint density at radius 1 is 1.18 bits per heavy atom. The Morgan fingerprint density at radius 3 is 2.27 bits per heavy atom. The van der Waals surface area contributed by atoms with Gasteiger partial charge in [0.25, 0.3) is 0 Å². The van der Waals surface area contributed by atoms with Crippen LogP contribution >= 0.6 is 0 Å². The first kappa shape index (κ1) is 15.6. The zero-order valence-corrected chi connectivity index (χ0v) is 11.6. The number of halogens is 2. The van der Waals surface area contributed by atoms with E-state index in [2.05, 4.69) is 0 Å². The average molecular weight is 303 g/mol. The molecular weight excluding hydrogens is 292 g/mol. The van der Waals surface area contributed by atoms with Crippen molar-refractivity contribution >= 4 is 5.97 Å². The summed E-state index contributed by atoms with van der Waals surface area (Å²) in [6, 6.07) is 9.52. The predicted octanol–water partition coefficient (Wildman–Crippen LogP) is 3.20. The zero-order chi connectivity index (χ0) is 16.1. The van der Waals surface area contributed by atoms with Crippen LogP contribution < -0.4 is 4.74 Å². The Bertz CT molecular complexity index is 713. The van der Waals surface area contributed by atoms with Crippen LogP contribution in [0.25, 0.3) is 0 Å². The molecule has 0 radical (unpaired) electrons. The SMILES string of the molecule is COCc1cc(F)c(C(=O)Oc2ccc(C#N)cc2)c(F)c1. The molecule has 2 rings (SSSR count). The largest absolute Gasteiger partial charge is 0.423 e. The van der Waals surface area contributed by atoms with Gasteiger partial charge >= 0.3 is 5.97 Å². The van der Waals surface area contributed by atoms with Crippen LogP contribution in [-0.4, -0.2) is 13.1 Å². The van der Waals surface area contributed by atoms with Crippen molar-refractivity contribution in [3.8, 4) is 11.8 Å². The minimum atomic E-state index is -1.15. The van der Waals surface area contributed by atoms with Gasteiger partial charge in [-0.05, 0) is 42.0 Å². The molecule has 0 saturated heterocycles. The van der Waals surface area contributed by atoms with Crippen LogP contribution in [0.4, 0.5) is 8.78 Å². The molecule has 0 N–H and O–H groups in total. The molecule has 0 aliphatic carbocycles. The molecule has 6 heteroatoms. The number of hydrogen-bond acceptors (Lipinski definition) is 4. The molecule has 0 fully saturated rings. The normalized spacial score (nSPS) is 10.1. The number of carbonyl (C=O) groups excluding carboxylic acids is 1. The summed E-state index contributed by atoms with van der Waals surface area (Å²) in [7, 11) is 1.39. The lowest BCUT2D eigenvalue weighted by Gasteiger charge is -2.08. The lowest BCUT2D eigenvalue weighted by atomic mass is 10.1. The second-order valence-electron chi connectivity index (χ2n) is 4.39. The highest BCUT2D eigenvalue weighted by atomic mass is 19.1. The second kappa shape index (κ2) is 6.78. The molecule has 0 atom stereocenters. The summed E-state index contributed by atoms with van der Waals surface area (Å²) in [6.07, 6.45) is 0. The molecule has 0 bridgehead atoms. The number of rotatable bonds is 4. The van der Waals surface area contributed by atoms with Gasteiger partial charge in [0.15, 0.2) is 0 Å². The van der Waals surface area contributed by atoms with Crippen LogP contribution in [0.5, 0.6) is 5.75 Å². The minimum absolute atomic E-state index is 0.0266. The Balaban J connectivity index is 2.23. The summed E-state index contributed by atoms with van der Waals surface area (Å²) in [4.78, 5) is 11.9. The van der Waals surface area contributed by atoms with Gasteiger partial charge in [-0.15, -0.1) is 0 Å². The number of hydrogen-bond donors (Lipinski definition) is 0. The maximum atomic E-state index is 13.9. The highest BCUT2D eigenvalue weighted by Gasteiger charge is 2.20. The monoisotopic (exact) mass is 303 g/mol. The van der Waals surface area contributed by atoms with Crippen molar-refractivity contribution in [3.05, 3.63) is 64.7 Å². The Hall–Kier alpha value is -2.78. The summed E-state index contributed by atoms with van der Waals surface area (Å²) in [5, 5.41) is 8.66. The predicted molar refractivity (Wildman–Crippen MR) is 73.2 cm³/mol. The van der Waals surface area contributed by atoms with E-state index in [4.69, 9.17) is 14.7 Å². The Labute approximate surface area is 125 Å². The smallest absolute Gasteiger partial charge is 0.349 e. The van der Waals surface area contributed by atoms with E-state index in [1.165, 1.54) is 31.4 Å². The Kier molecular flexibility index (Phi) is 4.81. The van der Waals surface area contributed by atoms with E-state index in [-0.39, 0.29) is 17.9 Å². The third kappa shape index (κ3) is 3.45. The molecular formula is C16H11F2NO3. The van der Waals surface area contributed by atoms with Gasteiger partial charge in [-0.1, -0.05) is 0 Å². The number of carbonyl (C=O) groups is 1. The van der Waals surface area contributed by atoms with Crippen molar-refractivity contribution in [2.45, 2.75) is 6.61 Å². The third-order valence-electron chi connectivity index (χ3n) is 2.81. The van der Waals surface area contributed by atoms with Gasteiger partial charge < -0.3 is 9.47 Å². The maximum absolute atomic E-state index is 13.9. The molecule has 4 nitrogen and oxygen atoms in total. The van der Waals surface area contributed by atoms with Crippen LogP contribution in [0.2, 0.25) is 0 Å². The van der Waals surface area contributed by atoms with Gasteiger partial charge in [-0.25, -0.2) is 13.6 Å². The highest BCUT2D eigenvalue weighted by Crippen LogP contribution is 2.19. The van der Waals surface area contributed by atoms with Crippen molar-refractivity contribution in [1.29, 1.82) is 5.26 Å². The summed E-state index contributed by atoms with van der Waals surface area (Å²) >= 11 is 0. The van der Waals surface area contributed by atoms with Gasteiger partial charge in [0.05, 0.1) is 18.2 Å². The van der Waals surface area contributed by atoms with E-state index in [1.807, 2.05) is 6.07 Å². The molecule has 2 aromatic rings. The van der Waals surface area contributed by atoms with E-state index in [0.29, 0.717) is 5.56 Å². The summed E-state index contributed by atoms with van der Waals surface area (Å²) in [5.74, 6) is -3.11. The van der Waals surface area contributed by atoms with Gasteiger partial charge in [0, 0.05) is 7.11 Å². The topological polar surface area (TPSA) is 59.3 Å². The molecule has 0 unspecified atom stereocenters. The van der Waals surface area contributed by atoms with Crippen molar-refractivity contribution in [3.63, 3.8) is 0 Å². The number of esters is 1. The molecule has 112 valence electrons. The van der Waals surface area contributed by atoms with Crippen molar-refractivity contribution in [2.75, 3.05) is 7.11 Å². The first-order valence-corrected chi connectivity index (χ1v) is 6.24. The molecule has 2 aromatic carbocycles. The number of nitriles is 1. The van der Waals surface area contributed by atoms with E-state index in [1.54, 1.807) is 0 Å². The quantitative estimate of drug-likeness (QED) is 0.643. The van der Waals surface area contributed by atoms with Crippen LogP contribution in [0.1, 0.15) is 21.5 Å². The van der Waals surface area contributed by atoms with Crippen LogP contribution in [0.3, 0.4) is 0 Å². The summed E-state index contributed by atoms with van der Waals surface area (Å²) in [5.41, 5.74) is -0.127. The third-order valence-corrected chi connectivity index (χ3v) is 2.81. The molecule has 0 aromatic heterocycles. The first-order chi connectivity index (χ1) is 10.5. The van der Waals surface area contributed by atoms with E-state index in [9.17, 15) is 13.6 Å². The van der Waals surface area contributed by atoms with E-state index in [0.717, 1.165) is 12.1 Å². The number of nitrogens with zero attached hydrogens (tertiary/aromatic N) is 1. The molecule has 0 aliphatic rings. The lowest BCUT2D eigenvalue weighted by Crippen LogP contribution is -2.14. The summed E-state index contributed by atoms with van der Waals surface area (Å²) < 4.78 is 37.4. The van der Waals surface area contributed by atoms with Crippen LogP contribution in [0, 0.1) is 23.0 Å². The number of methoxy groups -OCH3 is 1. The standard InChI is InChI=1S/C16H11F2NO3/c1-21-9-11-6-13(17)15(14(18)7-11)16(20)22-12-4-2-10(8-19)3-5-12/h2-7H,9H2,1H3. The molecule has 0 amide bonds. The van der Waals surface area contributed by atoms with Crippen LogP contribution in [0.15, 0.2) is 36.4 Å². The van der Waals surface area contributed by atoms with Crippen molar-refractivity contribution in [2.24, 2.45) is 0 Å². The molecule has 0 spiro atoms. The highest BCUT2D eigenvalue weighted by molar-refractivity contribution is 5.91. The fraction of sp³-hybridized carbons (Fsp3) is 0.125. The molecule has 0 aliphatic heterocycles. The second-order valence-corrected chi connectivity index (χ2v) is 4.39. The fourth-order valence-electron chi connectivity index (χ4n) is 1.83. The lowest BCUT2D eigenvalue weighted by molar-refractivity contribution is 0.0724. The molecule has 0 heterocycles. The van der Waals surface area contributed by atoms with Crippen molar-refractivity contribution in [1.82, 2.24) is 0 Å². The van der Waals surface area contributed by atoms with Gasteiger partial charge in [0.1, 0.15) is 22.9 Å². The minimum Gasteiger partial charge on any atom is -0.423 e. The number of benzene rings is 2. The van der Waals surface area contributed by atoms with Crippen molar-refractivity contribution < 1.29 is 23.0 Å². The van der Waals surface area contributed by atoms with E-state index >= 15 is 0 Å². The zero-order valence-electron chi connectivity index (χ0n) is 11.6. The summed E-state index contributed by atoms with van der Waals surface area (Å²) in [6.45, 7) is 0.0266. The fourth-order valence-corrected chi connectivity index (χ4v) is 1.83. The van der Waals surface area contributed by atoms with Crippen LogP contribution in [-0.2, 0) is 11.3 Å². The van der Waals surface area contributed by atoms with E-state index < -0.39 is 23.2 Å². The Morgan fingerprint density at radius 2 is 1.77 bits per heavy atom. The number of ether oxygens (including phenoxy) is 2. The first-order valence-electron chi connectivity index (χ1n) is 6.24. The molecule has 22 heavy (non-hydrogen) atoms. The maximum Gasteiger partial charge on any atom is 0.349 e. The van der Waals surface area contributed by atoms with Gasteiger partial charge in [-0.2, -0.15) is 5.26 Å².